The molecule has 23 heavy (non-hydrogen) atoms. The van der Waals surface area contributed by atoms with E-state index in [2.05, 4.69) is 29.2 Å². The van der Waals surface area contributed by atoms with Crippen LogP contribution in [0.1, 0.15) is 24.8 Å². The number of carbonyl (C=O) groups excluding carboxylic acids is 2. The first-order valence-corrected chi connectivity index (χ1v) is 8.31. The summed E-state index contributed by atoms with van der Waals surface area (Å²) in [4.78, 5) is 28.3. The summed E-state index contributed by atoms with van der Waals surface area (Å²) in [6.07, 6.45) is 2.40. The third-order valence-corrected chi connectivity index (χ3v) is 4.86. The molecule has 1 amide bonds. The van der Waals surface area contributed by atoms with Gasteiger partial charge in [-0.15, -0.1) is 0 Å². The molecule has 2 atom stereocenters. The smallest absolute Gasteiger partial charge is 0.310 e. The van der Waals surface area contributed by atoms with Gasteiger partial charge in [-0.3, -0.25) is 14.5 Å². The van der Waals surface area contributed by atoms with Crippen molar-refractivity contribution >= 4 is 11.9 Å². The molecule has 5 heteroatoms. The van der Waals surface area contributed by atoms with Crippen LogP contribution in [0.4, 0.5) is 0 Å². The summed E-state index contributed by atoms with van der Waals surface area (Å²) in [6, 6.07) is 10.6. The van der Waals surface area contributed by atoms with E-state index in [0.29, 0.717) is 13.0 Å². The monoisotopic (exact) mass is 316 g/mol. The number of methoxy groups -OCH3 is 1. The van der Waals surface area contributed by atoms with Crippen molar-refractivity contribution in [1.82, 2.24) is 9.80 Å². The number of ether oxygens (including phenoxy) is 1. The van der Waals surface area contributed by atoms with Gasteiger partial charge in [-0.2, -0.15) is 0 Å². The minimum absolute atomic E-state index is 0.0898. The molecule has 2 saturated heterocycles. The molecular formula is C18H24N2O3. The summed E-state index contributed by atoms with van der Waals surface area (Å²) in [5, 5.41) is 0. The Morgan fingerprint density at radius 2 is 2.04 bits per heavy atom. The standard InChI is InChI=1S/C18H24N2O3/c1-23-18(22)15-10-17(21)20(12-15)16-8-5-9-19(13-16)11-14-6-3-2-4-7-14/h2-4,6-7,15-16H,5,8-13H2,1H3. The maximum atomic E-state index is 12.3. The Morgan fingerprint density at radius 3 is 2.78 bits per heavy atom. The first-order valence-electron chi connectivity index (χ1n) is 8.31. The van der Waals surface area contributed by atoms with Crippen molar-refractivity contribution in [2.45, 2.75) is 31.8 Å². The van der Waals surface area contributed by atoms with Crippen molar-refractivity contribution in [1.29, 1.82) is 0 Å². The van der Waals surface area contributed by atoms with Crippen LogP contribution in [0, 0.1) is 5.92 Å². The minimum Gasteiger partial charge on any atom is -0.469 e. The minimum atomic E-state index is -0.294. The zero-order valence-electron chi connectivity index (χ0n) is 13.6. The number of amides is 1. The largest absolute Gasteiger partial charge is 0.469 e. The van der Waals surface area contributed by atoms with Crippen molar-refractivity contribution in [2.24, 2.45) is 5.92 Å². The molecule has 0 bridgehead atoms. The molecule has 2 fully saturated rings. The zero-order chi connectivity index (χ0) is 16.2. The number of hydrogen-bond acceptors (Lipinski definition) is 4. The second kappa shape index (κ2) is 7.13. The predicted molar refractivity (Wildman–Crippen MR) is 86.6 cm³/mol. The lowest BCUT2D eigenvalue weighted by molar-refractivity contribution is -0.145. The van der Waals surface area contributed by atoms with Crippen molar-refractivity contribution in [2.75, 3.05) is 26.7 Å². The second-order valence-electron chi connectivity index (χ2n) is 6.49. The lowest BCUT2D eigenvalue weighted by Gasteiger charge is -2.37. The third-order valence-electron chi connectivity index (χ3n) is 4.86. The molecule has 0 spiro atoms. The summed E-state index contributed by atoms with van der Waals surface area (Å²) in [5.41, 5.74) is 1.30. The van der Waals surface area contributed by atoms with Gasteiger partial charge in [0.25, 0.3) is 0 Å². The molecule has 2 aliphatic rings. The highest BCUT2D eigenvalue weighted by molar-refractivity contribution is 5.87. The van der Waals surface area contributed by atoms with Crippen LogP contribution in [0.15, 0.2) is 30.3 Å². The molecule has 3 rings (SSSR count). The SMILES string of the molecule is COC(=O)C1CC(=O)N(C2CCCN(Cc3ccccc3)C2)C1. The zero-order valence-corrected chi connectivity index (χ0v) is 13.6. The number of carbonyl (C=O) groups is 2. The average molecular weight is 316 g/mol. The lowest BCUT2D eigenvalue weighted by atomic mass is 10.0. The highest BCUT2D eigenvalue weighted by Gasteiger charge is 2.39. The van der Waals surface area contributed by atoms with Gasteiger partial charge in [0.2, 0.25) is 5.91 Å². The predicted octanol–water partition coefficient (Wildman–Crippen LogP) is 1.67. The van der Waals surface area contributed by atoms with Crippen LogP contribution in [-0.2, 0) is 20.9 Å². The number of rotatable bonds is 4. The summed E-state index contributed by atoms with van der Waals surface area (Å²) in [7, 11) is 1.39. The summed E-state index contributed by atoms with van der Waals surface area (Å²) in [6.45, 7) is 3.37. The van der Waals surface area contributed by atoms with Crippen LogP contribution in [0.5, 0.6) is 0 Å². The van der Waals surface area contributed by atoms with Crippen molar-refractivity contribution in [3.8, 4) is 0 Å². The van der Waals surface area contributed by atoms with Crippen LogP contribution in [0.2, 0.25) is 0 Å². The molecule has 0 saturated carbocycles. The van der Waals surface area contributed by atoms with Crippen LogP contribution in [0.3, 0.4) is 0 Å². The molecule has 2 aliphatic heterocycles. The fourth-order valence-corrected chi connectivity index (χ4v) is 3.68. The Bertz CT molecular complexity index is 561. The van der Waals surface area contributed by atoms with E-state index >= 15 is 0 Å². The molecule has 5 nitrogen and oxygen atoms in total. The second-order valence-corrected chi connectivity index (χ2v) is 6.49. The molecule has 0 radical (unpaired) electrons. The van der Waals surface area contributed by atoms with Crippen molar-refractivity contribution in [3.05, 3.63) is 35.9 Å². The summed E-state index contributed by atoms with van der Waals surface area (Å²) in [5.74, 6) is -0.471. The van der Waals surface area contributed by atoms with Crippen LogP contribution >= 0.6 is 0 Å². The molecule has 0 aliphatic carbocycles. The van der Waals surface area contributed by atoms with Gasteiger partial charge >= 0.3 is 5.97 Å². The van der Waals surface area contributed by atoms with E-state index in [4.69, 9.17) is 4.74 Å². The first kappa shape index (κ1) is 16.0. The van der Waals surface area contributed by atoms with Gasteiger partial charge in [-0.05, 0) is 24.9 Å². The van der Waals surface area contributed by atoms with E-state index in [-0.39, 0.29) is 23.8 Å². The Kier molecular flexibility index (Phi) is 4.96. The number of benzene rings is 1. The van der Waals surface area contributed by atoms with Gasteiger partial charge < -0.3 is 9.64 Å². The fourth-order valence-electron chi connectivity index (χ4n) is 3.68. The number of nitrogens with zero attached hydrogens (tertiary/aromatic N) is 2. The first-order chi connectivity index (χ1) is 11.2. The summed E-state index contributed by atoms with van der Waals surface area (Å²) >= 11 is 0. The van der Waals surface area contributed by atoms with Crippen molar-refractivity contribution in [3.63, 3.8) is 0 Å². The molecule has 1 aromatic carbocycles. The van der Waals surface area contributed by atoms with E-state index in [1.54, 1.807) is 0 Å². The maximum absolute atomic E-state index is 12.3. The van der Waals surface area contributed by atoms with Gasteiger partial charge in [0.05, 0.1) is 13.0 Å². The quantitative estimate of drug-likeness (QED) is 0.793. The van der Waals surface area contributed by atoms with Gasteiger partial charge in [0, 0.05) is 32.1 Å². The molecular weight excluding hydrogens is 292 g/mol. The highest BCUT2D eigenvalue weighted by atomic mass is 16.5. The third kappa shape index (κ3) is 3.72. The van der Waals surface area contributed by atoms with Gasteiger partial charge in [0.15, 0.2) is 0 Å². The maximum Gasteiger partial charge on any atom is 0.310 e. The Hall–Kier alpha value is -1.88. The number of esters is 1. The van der Waals surface area contributed by atoms with Crippen LogP contribution < -0.4 is 0 Å². The van der Waals surface area contributed by atoms with E-state index in [9.17, 15) is 9.59 Å². The van der Waals surface area contributed by atoms with E-state index in [1.807, 2.05) is 11.0 Å². The molecule has 1 aromatic rings. The average Bonchev–Trinajstić information content (AvgIpc) is 2.97. The molecule has 0 N–H and O–H groups in total. The number of piperidine rings is 1. The number of hydrogen-bond donors (Lipinski definition) is 0. The van der Waals surface area contributed by atoms with Crippen molar-refractivity contribution < 1.29 is 14.3 Å². The van der Waals surface area contributed by atoms with E-state index in [0.717, 1.165) is 32.5 Å². The molecule has 2 heterocycles. The van der Waals surface area contributed by atoms with Crippen LogP contribution in [0.25, 0.3) is 0 Å². The Morgan fingerprint density at radius 1 is 1.26 bits per heavy atom. The molecule has 0 aromatic heterocycles. The topological polar surface area (TPSA) is 49.9 Å². The normalized spacial score (nSPS) is 25.6. The van der Waals surface area contributed by atoms with E-state index in [1.165, 1.54) is 12.7 Å². The van der Waals surface area contributed by atoms with Gasteiger partial charge in [-0.1, -0.05) is 30.3 Å². The Labute approximate surface area is 137 Å². The molecule has 2 unspecified atom stereocenters. The van der Waals surface area contributed by atoms with Crippen LogP contribution in [-0.4, -0.2) is 54.5 Å². The molecule has 124 valence electrons. The summed E-state index contributed by atoms with van der Waals surface area (Å²) < 4.78 is 4.79. The van der Waals surface area contributed by atoms with Gasteiger partial charge in [-0.25, -0.2) is 0 Å². The highest BCUT2D eigenvalue weighted by Crippen LogP contribution is 2.26. The lowest BCUT2D eigenvalue weighted by Crippen LogP contribution is -2.48. The Balaban J connectivity index is 1.60. The van der Waals surface area contributed by atoms with E-state index < -0.39 is 0 Å². The fraction of sp³-hybridized carbons (Fsp3) is 0.556. The number of likely N-dealkylation sites (tertiary alicyclic amines) is 2. The van der Waals surface area contributed by atoms with Gasteiger partial charge in [0.1, 0.15) is 0 Å².